The van der Waals surface area contributed by atoms with Crippen LogP contribution in [0.5, 0.6) is 0 Å². The zero-order valence-electron chi connectivity index (χ0n) is 13.4. The summed E-state index contributed by atoms with van der Waals surface area (Å²) >= 11 is 12.3. The van der Waals surface area contributed by atoms with Crippen molar-refractivity contribution in [2.45, 2.75) is 51.0 Å². The molecular formula is C18H24Cl2N2O. The van der Waals surface area contributed by atoms with Crippen LogP contribution in [0.4, 0.5) is 5.69 Å². The average Bonchev–Trinajstić information content (AvgIpc) is 3.36. The molecule has 3 rings (SSSR count). The van der Waals surface area contributed by atoms with Gasteiger partial charge in [0.2, 0.25) is 5.91 Å². The van der Waals surface area contributed by atoms with Crippen molar-refractivity contribution >= 4 is 34.8 Å². The monoisotopic (exact) mass is 354 g/mol. The van der Waals surface area contributed by atoms with Crippen molar-refractivity contribution < 1.29 is 4.79 Å². The molecule has 1 amide bonds. The Morgan fingerprint density at radius 1 is 1.09 bits per heavy atom. The van der Waals surface area contributed by atoms with E-state index < -0.39 is 0 Å². The van der Waals surface area contributed by atoms with E-state index in [4.69, 9.17) is 23.2 Å². The van der Waals surface area contributed by atoms with Crippen LogP contribution in [0.15, 0.2) is 18.2 Å². The lowest BCUT2D eigenvalue weighted by atomic mass is 9.89. The fourth-order valence-corrected chi connectivity index (χ4v) is 3.96. The molecule has 0 atom stereocenters. The number of para-hydroxylation sites is 1. The third-order valence-corrected chi connectivity index (χ3v) is 5.48. The molecule has 1 aromatic rings. The minimum Gasteiger partial charge on any atom is -0.322 e. The van der Waals surface area contributed by atoms with Gasteiger partial charge < -0.3 is 5.32 Å². The molecule has 2 saturated carbocycles. The van der Waals surface area contributed by atoms with E-state index in [0.29, 0.717) is 28.3 Å². The topological polar surface area (TPSA) is 32.3 Å². The molecule has 23 heavy (non-hydrogen) atoms. The molecule has 0 unspecified atom stereocenters. The maximum atomic E-state index is 12.4. The number of hydrogen-bond donors (Lipinski definition) is 1. The molecule has 126 valence electrons. The van der Waals surface area contributed by atoms with Gasteiger partial charge in [-0.2, -0.15) is 0 Å². The minimum absolute atomic E-state index is 0.0253. The van der Waals surface area contributed by atoms with Crippen molar-refractivity contribution in [2.24, 2.45) is 5.92 Å². The number of halogens is 2. The van der Waals surface area contributed by atoms with Crippen LogP contribution >= 0.6 is 23.2 Å². The Hall–Kier alpha value is -0.770. The number of carbonyl (C=O) groups excluding carboxylic acids is 1. The summed E-state index contributed by atoms with van der Waals surface area (Å²) in [7, 11) is 0. The van der Waals surface area contributed by atoms with Crippen molar-refractivity contribution in [3.63, 3.8) is 0 Å². The molecule has 0 saturated heterocycles. The second-order valence-electron chi connectivity index (χ2n) is 6.81. The molecule has 0 aromatic heterocycles. The van der Waals surface area contributed by atoms with Crippen LogP contribution < -0.4 is 5.32 Å². The zero-order chi connectivity index (χ0) is 16.2. The first-order valence-electron chi connectivity index (χ1n) is 8.61. The number of amides is 1. The van der Waals surface area contributed by atoms with Gasteiger partial charge in [-0.15, -0.1) is 0 Å². The second kappa shape index (κ2) is 7.87. The van der Waals surface area contributed by atoms with Gasteiger partial charge in [0.15, 0.2) is 0 Å². The van der Waals surface area contributed by atoms with Gasteiger partial charge in [0.1, 0.15) is 0 Å². The number of hydrogen-bond acceptors (Lipinski definition) is 2. The van der Waals surface area contributed by atoms with Gasteiger partial charge in [0, 0.05) is 12.6 Å². The summed E-state index contributed by atoms with van der Waals surface area (Å²) in [6.45, 7) is 1.48. The largest absolute Gasteiger partial charge is 0.322 e. The minimum atomic E-state index is -0.0253. The highest BCUT2D eigenvalue weighted by Gasteiger charge is 2.32. The number of rotatable bonds is 6. The summed E-state index contributed by atoms with van der Waals surface area (Å²) in [6, 6.07) is 5.84. The molecule has 1 N–H and O–H groups in total. The Labute approximate surface area is 148 Å². The molecule has 3 nitrogen and oxygen atoms in total. The van der Waals surface area contributed by atoms with E-state index in [0.717, 1.165) is 12.5 Å². The van der Waals surface area contributed by atoms with E-state index in [1.54, 1.807) is 18.2 Å². The number of carbonyl (C=O) groups is 1. The van der Waals surface area contributed by atoms with Crippen LogP contribution in [0.25, 0.3) is 0 Å². The SMILES string of the molecule is O=C(CN(CC1CCCCC1)C1CC1)Nc1c(Cl)cccc1Cl. The van der Waals surface area contributed by atoms with Crippen molar-refractivity contribution in [1.82, 2.24) is 4.90 Å². The number of anilines is 1. The van der Waals surface area contributed by atoms with Gasteiger partial charge >= 0.3 is 0 Å². The molecule has 0 spiro atoms. The molecule has 0 bridgehead atoms. The second-order valence-corrected chi connectivity index (χ2v) is 7.62. The van der Waals surface area contributed by atoms with Gasteiger partial charge in [0.25, 0.3) is 0 Å². The van der Waals surface area contributed by atoms with Gasteiger partial charge in [-0.25, -0.2) is 0 Å². The third-order valence-electron chi connectivity index (χ3n) is 4.85. The molecule has 0 radical (unpaired) electrons. The Morgan fingerprint density at radius 2 is 1.74 bits per heavy atom. The average molecular weight is 355 g/mol. The smallest absolute Gasteiger partial charge is 0.238 e. The first-order chi connectivity index (χ1) is 11.1. The Morgan fingerprint density at radius 3 is 2.35 bits per heavy atom. The van der Waals surface area contributed by atoms with Crippen LogP contribution in [0.3, 0.4) is 0 Å². The lowest BCUT2D eigenvalue weighted by molar-refractivity contribution is -0.117. The summed E-state index contributed by atoms with van der Waals surface area (Å²) in [6.07, 6.45) is 9.09. The third kappa shape index (κ3) is 4.85. The lowest BCUT2D eigenvalue weighted by Gasteiger charge is -2.29. The predicted octanol–water partition coefficient (Wildman–Crippen LogP) is 4.98. The Bertz CT molecular complexity index is 534. The quantitative estimate of drug-likeness (QED) is 0.781. The van der Waals surface area contributed by atoms with E-state index in [9.17, 15) is 4.79 Å². The molecule has 2 fully saturated rings. The first kappa shape index (κ1) is 17.1. The first-order valence-corrected chi connectivity index (χ1v) is 9.37. The summed E-state index contributed by atoms with van der Waals surface area (Å²) in [5.74, 6) is 0.726. The predicted molar refractivity (Wildman–Crippen MR) is 96.3 cm³/mol. The highest BCUT2D eigenvalue weighted by molar-refractivity contribution is 6.39. The fourth-order valence-electron chi connectivity index (χ4n) is 3.46. The molecular weight excluding hydrogens is 331 g/mol. The summed E-state index contributed by atoms with van der Waals surface area (Å²) < 4.78 is 0. The highest BCUT2D eigenvalue weighted by atomic mass is 35.5. The number of nitrogens with one attached hydrogen (secondary N) is 1. The number of nitrogens with zero attached hydrogens (tertiary/aromatic N) is 1. The Balaban J connectivity index is 1.58. The normalized spacial score (nSPS) is 19.1. The van der Waals surface area contributed by atoms with Gasteiger partial charge in [-0.05, 0) is 43.7 Å². The molecule has 2 aliphatic rings. The van der Waals surface area contributed by atoms with Crippen LogP contribution in [0, 0.1) is 5.92 Å². The van der Waals surface area contributed by atoms with E-state index in [-0.39, 0.29) is 5.91 Å². The zero-order valence-corrected chi connectivity index (χ0v) is 14.9. The van der Waals surface area contributed by atoms with E-state index >= 15 is 0 Å². The van der Waals surface area contributed by atoms with Gasteiger partial charge in [0.05, 0.1) is 22.3 Å². The molecule has 0 heterocycles. The van der Waals surface area contributed by atoms with Gasteiger partial charge in [-0.1, -0.05) is 48.5 Å². The summed E-state index contributed by atoms with van der Waals surface area (Å²) in [4.78, 5) is 14.8. The van der Waals surface area contributed by atoms with E-state index in [2.05, 4.69) is 10.2 Å². The Kier molecular flexibility index (Phi) is 5.84. The van der Waals surface area contributed by atoms with Crippen LogP contribution in [0.2, 0.25) is 10.0 Å². The van der Waals surface area contributed by atoms with E-state index in [1.807, 2.05) is 0 Å². The molecule has 2 aliphatic carbocycles. The summed E-state index contributed by atoms with van der Waals surface area (Å²) in [5, 5.41) is 3.85. The molecule has 5 heteroatoms. The van der Waals surface area contributed by atoms with Crippen molar-refractivity contribution in [3.8, 4) is 0 Å². The molecule has 0 aliphatic heterocycles. The van der Waals surface area contributed by atoms with Crippen LogP contribution in [-0.4, -0.2) is 29.9 Å². The lowest BCUT2D eigenvalue weighted by Crippen LogP contribution is -2.38. The van der Waals surface area contributed by atoms with E-state index in [1.165, 1.54) is 44.9 Å². The maximum absolute atomic E-state index is 12.4. The van der Waals surface area contributed by atoms with Crippen LogP contribution in [-0.2, 0) is 4.79 Å². The fraction of sp³-hybridized carbons (Fsp3) is 0.611. The highest BCUT2D eigenvalue weighted by Crippen LogP contribution is 2.32. The van der Waals surface area contributed by atoms with Gasteiger partial charge in [-0.3, -0.25) is 9.69 Å². The number of benzene rings is 1. The van der Waals surface area contributed by atoms with Crippen molar-refractivity contribution in [3.05, 3.63) is 28.2 Å². The van der Waals surface area contributed by atoms with Crippen LogP contribution in [0.1, 0.15) is 44.9 Å². The van der Waals surface area contributed by atoms with Crippen molar-refractivity contribution in [1.29, 1.82) is 0 Å². The van der Waals surface area contributed by atoms with Crippen molar-refractivity contribution in [2.75, 3.05) is 18.4 Å². The maximum Gasteiger partial charge on any atom is 0.238 e. The standard InChI is InChI=1S/C18H24Cl2N2O/c19-15-7-4-8-16(20)18(15)21-17(23)12-22(14-9-10-14)11-13-5-2-1-3-6-13/h4,7-8,13-14H,1-3,5-6,9-12H2,(H,21,23). The molecule has 1 aromatic carbocycles. The summed E-state index contributed by atoms with van der Waals surface area (Å²) in [5.41, 5.74) is 0.522.